The van der Waals surface area contributed by atoms with Gasteiger partial charge < -0.3 is 11.1 Å². The molecule has 0 bridgehead atoms. The predicted molar refractivity (Wildman–Crippen MR) is 120 cm³/mol. The van der Waals surface area contributed by atoms with Gasteiger partial charge in [0, 0.05) is 32.2 Å². The maximum atomic E-state index is 6.03. The van der Waals surface area contributed by atoms with Gasteiger partial charge in [-0.3, -0.25) is 14.8 Å². The Morgan fingerprint density at radius 3 is 2.88 bits per heavy atom. The summed E-state index contributed by atoms with van der Waals surface area (Å²) in [6, 6.07) is 9.39. The van der Waals surface area contributed by atoms with Crippen LogP contribution in [0.4, 0.5) is 0 Å². The van der Waals surface area contributed by atoms with Gasteiger partial charge in [0.25, 0.3) is 0 Å². The Hall–Kier alpha value is -0.860. The second-order valence-corrected chi connectivity index (χ2v) is 7.23. The predicted octanol–water partition coefficient (Wildman–Crippen LogP) is 2.44. The van der Waals surface area contributed by atoms with Gasteiger partial charge in [-0.1, -0.05) is 31.2 Å². The summed E-state index contributed by atoms with van der Waals surface area (Å²) in [6.07, 6.45) is 4.81. The van der Waals surface area contributed by atoms with Crippen LogP contribution in [0.25, 0.3) is 0 Å². The van der Waals surface area contributed by atoms with Crippen molar-refractivity contribution in [3.05, 3.63) is 35.4 Å². The van der Waals surface area contributed by atoms with Gasteiger partial charge in [-0.05, 0) is 49.9 Å². The summed E-state index contributed by atoms with van der Waals surface area (Å²) < 4.78 is 0. The number of nitrogens with two attached hydrogens (primary N) is 1. The van der Waals surface area contributed by atoms with Crippen molar-refractivity contribution in [2.24, 2.45) is 10.7 Å². The van der Waals surface area contributed by atoms with Crippen molar-refractivity contribution < 1.29 is 0 Å². The van der Waals surface area contributed by atoms with E-state index < -0.39 is 0 Å². The number of halogens is 1. The Morgan fingerprint density at radius 1 is 1.27 bits per heavy atom. The SMILES string of the molecule is CCN1CCCC1CN=C(N)NCCCN1CCc2ccccc2C1.I. The lowest BCUT2D eigenvalue weighted by molar-refractivity contribution is 0.251. The third-order valence-electron chi connectivity index (χ3n) is 5.54. The molecule has 1 saturated heterocycles. The van der Waals surface area contributed by atoms with Gasteiger partial charge in [0.05, 0.1) is 6.54 Å². The van der Waals surface area contributed by atoms with E-state index in [9.17, 15) is 0 Å². The molecular formula is C20H34IN5. The molecule has 2 heterocycles. The maximum absolute atomic E-state index is 6.03. The topological polar surface area (TPSA) is 56.9 Å². The van der Waals surface area contributed by atoms with Crippen LogP contribution in [-0.4, -0.2) is 61.1 Å². The molecule has 5 nitrogen and oxygen atoms in total. The number of hydrogen-bond donors (Lipinski definition) is 2. The van der Waals surface area contributed by atoms with Crippen LogP contribution in [0, 0.1) is 0 Å². The molecule has 3 N–H and O–H groups in total. The van der Waals surface area contributed by atoms with Crippen LogP contribution in [0.3, 0.4) is 0 Å². The largest absolute Gasteiger partial charge is 0.370 e. The smallest absolute Gasteiger partial charge is 0.188 e. The number of fused-ring (bicyclic) bond motifs is 1. The molecule has 146 valence electrons. The summed E-state index contributed by atoms with van der Waals surface area (Å²) in [4.78, 5) is 9.59. The van der Waals surface area contributed by atoms with Crippen molar-refractivity contribution in [1.82, 2.24) is 15.1 Å². The van der Waals surface area contributed by atoms with Gasteiger partial charge in [0.2, 0.25) is 0 Å². The lowest BCUT2D eigenvalue weighted by Gasteiger charge is -2.28. The van der Waals surface area contributed by atoms with Crippen molar-refractivity contribution in [3.63, 3.8) is 0 Å². The zero-order valence-electron chi connectivity index (χ0n) is 16.0. The normalized spacial score (nSPS) is 21.3. The summed E-state index contributed by atoms with van der Waals surface area (Å²) in [5.74, 6) is 0.604. The molecule has 26 heavy (non-hydrogen) atoms. The molecule has 1 aromatic rings. The van der Waals surface area contributed by atoms with Crippen LogP contribution in [0.15, 0.2) is 29.3 Å². The number of hydrogen-bond acceptors (Lipinski definition) is 3. The molecule has 0 spiro atoms. The highest BCUT2D eigenvalue weighted by Gasteiger charge is 2.22. The van der Waals surface area contributed by atoms with Gasteiger partial charge in [0.1, 0.15) is 0 Å². The number of benzene rings is 1. The molecule has 0 amide bonds. The van der Waals surface area contributed by atoms with E-state index in [0.717, 1.165) is 45.7 Å². The first-order chi connectivity index (χ1) is 12.3. The monoisotopic (exact) mass is 471 g/mol. The van der Waals surface area contributed by atoms with Crippen LogP contribution in [0.1, 0.15) is 37.3 Å². The first-order valence-corrected chi connectivity index (χ1v) is 9.83. The van der Waals surface area contributed by atoms with E-state index in [-0.39, 0.29) is 24.0 Å². The van der Waals surface area contributed by atoms with Crippen molar-refractivity contribution in [2.75, 3.05) is 39.3 Å². The highest BCUT2D eigenvalue weighted by Crippen LogP contribution is 2.18. The Labute approximate surface area is 175 Å². The average Bonchev–Trinajstić information content (AvgIpc) is 3.11. The molecule has 1 atom stereocenters. The fraction of sp³-hybridized carbons (Fsp3) is 0.650. The zero-order chi connectivity index (χ0) is 17.5. The Bertz CT molecular complexity index is 577. The fourth-order valence-electron chi connectivity index (χ4n) is 4.04. The van der Waals surface area contributed by atoms with E-state index in [2.05, 4.69) is 51.3 Å². The van der Waals surface area contributed by atoms with E-state index in [1.165, 1.54) is 36.9 Å². The molecule has 1 fully saturated rings. The minimum Gasteiger partial charge on any atom is -0.370 e. The lowest BCUT2D eigenvalue weighted by atomic mass is 10.00. The summed E-state index contributed by atoms with van der Waals surface area (Å²) in [6.45, 7) is 9.63. The molecule has 1 aromatic carbocycles. The number of nitrogens with one attached hydrogen (secondary N) is 1. The van der Waals surface area contributed by atoms with E-state index in [1.807, 2.05) is 0 Å². The Morgan fingerprint density at radius 2 is 2.08 bits per heavy atom. The van der Waals surface area contributed by atoms with Gasteiger partial charge in [0.15, 0.2) is 5.96 Å². The standard InChI is InChI=1S/C20H33N5.HI/c1-2-25-13-5-9-19(25)15-23-20(21)22-11-6-12-24-14-10-17-7-3-4-8-18(17)16-24;/h3-4,7-8,19H,2,5-6,9-16H2,1H3,(H3,21,22,23);1H. The highest BCUT2D eigenvalue weighted by atomic mass is 127. The van der Waals surface area contributed by atoms with E-state index in [4.69, 9.17) is 5.73 Å². The van der Waals surface area contributed by atoms with Gasteiger partial charge in [-0.2, -0.15) is 0 Å². The number of likely N-dealkylation sites (N-methyl/N-ethyl adjacent to an activating group) is 1. The van der Waals surface area contributed by atoms with E-state index in [1.54, 1.807) is 0 Å². The molecule has 2 aliphatic rings. The van der Waals surface area contributed by atoms with Gasteiger partial charge in [-0.15, -0.1) is 24.0 Å². The summed E-state index contributed by atoms with van der Waals surface area (Å²) in [7, 11) is 0. The molecule has 0 radical (unpaired) electrons. The maximum Gasteiger partial charge on any atom is 0.188 e. The van der Waals surface area contributed by atoms with Crippen molar-refractivity contribution in [3.8, 4) is 0 Å². The third kappa shape index (κ3) is 6.09. The first kappa shape index (κ1) is 21.4. The second-order valence-electron chi connectivity index (χ2n) is 7.23. The average molecular weight is 471 g/mol. The first-order valence-electron chi connectivity index (χ1n) is 9.83. The Balaban J connectivity index is 0.00000243. The van der Waals surface area contributed by atoms with Crippen LogP contribution < -0.4 is 11.1 Å². The molecule has 3 rings (SSSR count). The van der Waals surface area contributed by atoms with Crippen LogP contribution in [0.2, 0.25) is 0 Å². The zero-order valence-corrected chi connectivity index (χ0v) is 18.3. The summed E-state index contributed by atoms with van der Waals surface area (Å²) in [5.41, 5.74) is 9.03. The second kappa shape index (κ2) is 11.1. The number of guanidine groups is 1. The van der Waals surface area contributed by atoms with Crippen molar-refractivity contribution in [2.45, 2.75) is 45.2 Å². The lowest BCUT2D eigenvalue weighted by Crippen LogP contribution is -2.37. The van der Waals surface area contributed by atoms with E-state index >= 15 is 0 Å². The quantitative estimate of drug-likeness (QED) is 0.278. The van der Waals surface area contributed by atoms with Gasteiger partial charge >= 0.3 is 0 Å². The molecule has 0 aromatic heterocycles. The molecule has 0 saturated carbocycles. The summed E-state index contributed by atoms with van der Waals surface area (Å²) >= 11 is 0. The van der Waals surface area contributed by atoms with Crippen LogP contribution in [-0.2, 0) is 13.0 Å². The third-order valence-corrected chi connectivity index (χ3v) is 5.54. The summed E-state index contributed by atoms with van der Waals surface area (Å²) in [5, 5.41) is 3.28. The minimum absolute atomic E-state index is 0. The number of rotatable bonds is 7. The minimum atomic E-state index is 0. The van der Waals surface area contributed by atoms with E-state index in [0.29, 0.717) is 12.0 Å². The van der Waals surface area contributed by atoms with Gasteiger partial charge in [-0.25, -0.2) is 0 Å². The fourth-order valence-corrected chi connectivity index (χ4v) is 4.04. The van der Waals surface area contributed by atoms with Crippen LogP contribution in [0.5, 0.6) is 0 Å². The highest BCUT2D eigenvalue weighted by molar-refractivity contribution is 14.0. The number of nitrogens with zero attached hydrogens (tertiary/aromatic N) is 3. The van der Waals surface area contributed by atoms with Crippen molar-refractivity contribution in [1.29, 1.82) is 0 Å². The Kier molecular flexibility index (Phi) is 9.15. The molecule has 2 aliphatic heterocycles. The van der Waals surface area contributed by atoms with Crippen molar-refractivity contribution >= 4 is 29.9 Å². The molecular weight excluding hydrogens is 437 g/mol. The van der Waals surface area contributed by atoms with Crippen LogP contribution >= 0.6 is 24.0 Å². The number of likely N-dealkylation sites (tertiary alicyclic amines) is 1. The number of aliphatic imine (C=N–C) groups is 1. The molecule has 1 unspecified atom stereocenters. The molecule has 6 heteroatoms. The molecule has 0 aliphatic carbocycles.